The second-order valence-corrected chi connectivity index (χ2v) is 11.7. The van der Waals surface area contributed by atoms with Gasteiger partial charge < -0.3 is 4.90 Å². The number of rotatable bonds is 8. The monoisotopic (exact) mass is 617 g/mol. The number of amides is 1. The molecule has 2 aromatic heterocycles. The van der Waals surface area contributed by atoms with Crippen molar-refractivity contribution in [3.05, 3.63) is 56.1 Å². The van der Waals surface area contributed by atoms with Gasteiger partial charge in [0.25, 0.3) is 0 Å². The Hall–Kier alpha value is -1.74. The first kappa shape index (κ1) is 25.9. The van der Waals surface area contributed by atoms with E-state index in [1.165, 1.54) is 23.2 Å². The molecule has 2 heterocycles. The van der Waals surface area contributed by atoms with Crippen molar-refractivity contribution in [1.29, 1.82) is 0 Å². The molecule has 0 unspecified atom stereocenters. The third kappa shape index (κ3) is 5.85. The average molecular weight is 617 g/mol. The van der Waals surface area contributed by atoms with Gasteiger partial charge in [0.15, 0.2) is 14.8 Å². The summed E-state index contributed by atoms with van der Waals surface area (Å²) < 4.78 is 79.6. The number of sulfone groups is 1. The van der Waals surface area contributed by atoms with Crippen molar-refractivity contribution in [2.75, 3.05) is 18.1 Å². The molecule has 0 aliphatic heterocycles. The topological polar surface area (TPSA) is 71.8 Å². The zero-order chi connectivity index (χ0) is 24.6. The lowest BCUT2D eigenvalue weighted by Crippen LogP contribution is -2.39. The van der Waals surface area contributed by atoms with Crippen LogP contribution in [-0.4, -0.2) is 46.7 Å². The molecule has 1 atom stereocenters. The lowest BCUT2D eigenvalue weighted by atomic mass is 10.1. The van der Waals surface area contributed by atoms with E-state index < -0.39 is 45.8 Å². The van der Waals surface area contributed by atoms with E-state index in [-0.39, 0.29) is 23.6 Å². The van der Waals surface area contributed by atoms with Crippen LogP contribution in [0, 0.1) is 9.52 Å². The standard InChI is InChI=1S/C20H20F4IN3O3S2/c1-3-33(30,31)9-7-27(12(2)17-18(25)28-6-8-32-19(28)26-17)16(29)11-13-4-5-15(21)14(10-13)20(22,23)24/h4-6,8,10,12H,3,7,9,11H2,1-2H3/t12-/m1/s1. The molecular weight excluding hydrogens is 597 g/mol. The number of hydrogen-bond donors (Lipinski definition) is 0. The van der Waals surface area contributed by atoms with E-state index in [0.29, 0.717) is 22.8 Å². The molecule has 180 valence electrons. The number of thiazole rings is 1. The van der Waals surface area contributed by atoms with Crippen molar-refractivity contribution in [2.24, 2.45) is 0 Å². The van der Waals surface area contributed by atoms with E-state index in [1.54, 1.807) is 6.92 Å². The number of benzene rings is 1. The zero-order valence-corrected chi connectivity index (χ0v) is 21.4. The molecule has 33 heavy (non-hydrogen) atoms. The van der Waals surface area contributed by atoms with E-state index in [2.05, 4.69) is 27.6 Å². The Labute approximate surface area is 205 Å². The second kappa shape index (κ2) is 9.86. The summed E-state index contributed by atoms with van der Waals surface area (Å²) in [7, 11) is -3.41. The number of carbonyl (C=O) groups excluding carboxylic acids is 1. The molecule has 0 N–H and O–H groups in total. The Morgan fingerprint density at radius 2 is 2.03 bits per heavy atom. The van der Waals surface area contributed by atoms with Crippen molar-refractivity contribution < 1.29 is 30.8 Å². The molecule has 0 radical (unpaired) electrons. The molecule has 0 saturated carbocycles. The Balaban J connectivity index is 1.92. The highest BCUT2D eigenvalue weighted by Crippen LogP contribution is 2.32. The quantitative estimate of drug-likeness (QED) is 0.271. The first-order valence-corrected chi connectivity index (χ1v) is 13.6. The largest absolute Gasteiger partial charge is 0.419 e. The minimum absolute atomic E-state index is 0.0233. The van der Waals surface area contributed by atoms with Gasteiger partial charge in [-0.1, -0.05) is 13.0 Å². The molecule has 13 heteroatoms. The molecule has 0 fully saturated rings. The molecule has 0 aliphatic carbocycles. The molecule has 3 rings (SSSR count). The Bertz CT molecular complexity index is 1270. The second-order valence-electron chi connectivity index (χ2n) is 7.33. The third-order valence-corrected chi connectivity index (χ3v) is 8.70. The molecule has 0 saturated heterocycles. The number of fused-ring (bicyclic) bond motifs is 1. The van der Waals surface area contributed by atoms with Crippen molar-refractivity contribution in [1.82, 2.24) is 14.3 Å². The number of imidazole rings is 1. The summed E-state index contributed by atoms with van der Waals surface area (Å²) in [6.45, 7) is 3.04. The molecule has 0 spiro atoms. The predicted molar refractivity (Wildman–Crippen MR) is 125 cm³/mol. The van der Waals surface area contributed by atoms with E-state index in [1.807, 2.05) is 16.0 Å². The fourth-order valence-corrected chi connectivity index (χ4v) is 5.89. The SMILES string of the molecule is CCS(=O)(=O)CCN(C(=O)Cc1ccc(F)c(C(F)(F)F)c1)[C@H](C)c1nc2sccn2c1I. The van der Waals surface area contributed by atoms with Crippen molar-refractivity contribution in [2.45, 2.75) is 32.5 Å². The highest BCUT2D eigenvalue weighted by Gasteiger charge is 2.35. The number of carbonyl (C=O) groups is 1. The fraction of sp³-hybridized carbons (Fsp3) is 0.400. The van der Waals surface area contributed by atoms with Crippen LogP contribution in [0.3, 0.4) is 0 Å². The van der Waals surface area contributed by atoms with Crippen LogP contribution < -0.4 is 0 Å². The summed E-state index contributed by atoms with van der Waals surface area (Å²) in [6.07, 6.45) is -3.53. The Morgan fingerprint density at radius 1 is 1.33 bits per heavy atom. The average Bonchev–Trinajstić information content (AvgIpc) is 3.31. The summed E-state index contributed by atoms with van der Waals surface area (Å²) >= 11 is 3.47. The maximum absolute atomic E-state index is 13.6. The van der Waals surface area contributed by atoms with Gasteiger partial charge in [0.05, 0.1) is 29.5 Å². The van der Waals surface area contributed by atoms with Gasteiger partial charge in [-0.15, -0.1) is 11.3 Å². The van der Waals surface area contributed by atoms with Gasteiger partial charge >= 0.3 is 6.18 Å². The predicted octanol–water partition coefficient (Wildman–Crippen LogP) is 4.73. The van der Waals surface area contributed by atoms with E-state index >= 15 is 0 Å². The van der Waals surface area contributed by atoms with Gasteiger partial charge in [-0.2, -0.15) is 13.2 Å². The number of hydrogen-bond acceptors (Lipinski definition) is 5. The molecule has 6 nitrogen and oxygen atoms in total. The van der Waals surface area contributed by atoms with E-state index in [9.17, 15) is 30.8 Å². The first-order valence-electron chi connectivity index (χ1n) is 9.80. The summed E-state index contributed by atoms with van der Waals surface area (Å²) in [5.41, 5.74) is -0.922. The molecule has 3 aromatic rings. The van der Waals surface area contributed by atoms with Crippen LogP contribution in [0.15, 0.2) is 29.8 Å². The number of alkyl halides is 3. The van der Waals surface area contributed by atoms with Crippen molar-refractivity contribution >= 4 is 54.6 Å². The summed E-state index contributed by atoms with van der Waals surface area (Å²) in [5.74, 6) is -2.41. The van der Waals surface area contributed by atoms with E-state index in [0.717, 1.165) is 9.77 Å². The lowest BCUT2D eigenvalue weighted by molar-refractivity contribution is -0.140. The van der Waals surface area contributed by atoms with Gasteiger partial charge in [-0.05, 0) is 47.2 Å². The number of aromatic nitrogens is 2. The van der Waals surface area contributed by atoms with Crippen LogP contribution in [0.2, 0.25) is 0 Å². The third-order valence-electron chi connectivity index (χ3n) is 5.19. The molecule has 1 amide bonds. The van der Waals surface area contributed by atoms with Gasteiger partial charge in [0.1, 0.15) is 9.52 Å². The molecule has 0 aliphatic rings. The zero-order valence-electron chi connectivity index (χ0n) is 17.6. The normalized spacial score (nSPS) is 13.4. The highest BCUT2D eigenvalue weighted by atomic mass is 127. The summed E-state index contributed by atoms with van der Waals surface area (Å²) in [6, 6.07) is 1.76. The van der Waals surface area contributed by atoms with Crippen LogP contribution in [-0.2, 0) is 27.2 Å². The van der Waals surface area contributed by atoms with Gasteiger partial charge in [0, 0.05) is 23.9 Å². The number of halogens is 5. The van der Waals surface area contributed by atoms with E-state index in [4.69, 9.17) is 0 Å². The van der Waals surface area contributed by atoms with Gasteiger partial charge in [-0.3, -0.25) is 9.20 Å². The Kier molecular flexibility index (Phi) is 7.73. The van der Waals surface area contributed by atoms with Gasteiger partial charge in [0.2, 0.25) is 5.91 Å². The van der Waals surface area contributed by atoms with Crippen molar-refractivity contribution in [3.8, 4) is 0 Å². The van der Waals surface area contributed by atoms with Gasteiger partial charge in [-0.25, -0.2) is 17.8 Å². The van der Waals surface area contributed by atoms with Crippen LogP contribution in [0.25, 0.3) is 4.96 Å². The van der Waals surface area contributed by atoms with Crippen LogP contribution in [0.5, 0.6) is 0 Å². The summed E-state index contributed by atoms with van der Waals surface area (Å²) in [5, 5.41) is 1.85. The Morgan fingerprint density at radius 3 is 2.64 bits per heavy atom. The van der Waals surface area contributed by atoms with Crippen molar-refractivity contribution in [3.63, 3.8) is 0 Å². The van der Waals surface area contributed by atoms with Crippen LogP contribution in [0.4, 0.5) is 17.6 Å². The van der Waals surface area contributed by atoms with Crippen LogP contribution in [0.1, 0.15) is 36.7 Å². The molecular formula is C20H20F4IN3O3S2. The molecule has 0 bridgehead atoms. The molecule has 1 aromatic carbocycles. The number of nitrogens with zero attached hydrogens (tertiary/aromatic N) is 3. The smallest absolute Gasteiger partial charge is 0.333 e. The lowest BCUT2D eigenvalue weighted by Gasteiger charge is -2.29. The highest BCUT2D eigenvalue weighted by molar-refractivity contribution is 14.1. The fourth-order valence-electron chi connectivity index (χ4n) is 3.28. The first-order chi connectivity index (χ1) is 15.3. The van der Waals surface area contributed by atoms with Crippen LogP contribution >= 0.6 is 33.9 Å². The maximum Gasteiger partial charge on any atom is 0.419 e. The minimum atomic E-state index is -4.90. The maximum atomic E-state index is 13.6. The minimum Gasteiger partial charge on any atom is -0.333 e. The summed E-state index contributed by atoms with van der Waals surface area (Å²) in [4.78, 5) is 19.7.